The Kier molecular flexibility index (Phi) is 8.40. The van der Waals surface area contributed by atoms with Gasteiger partial charge in [-0.1, -0.05) is 60.7 Å². The van der Waals surface area contributed by atoms with Crippen LogP contribution < -0.4 is 4.90 Å². The van der Waals surface area contributed by atoms with Crippen molar-refractivity contribution in [3.05, 3.63) is 102 Å². The molecule has 45 heavy (non-hydrogen) atoms. The Labute approximate surface area is 263 Å². The quantitative estimate of drug-likeness (QED) is 0.328. The highest BCUT2D eigenvalue weighted by atomic mass is 16.3. The van der Waals surface area contributed by atoms with Gasteiger partial charge in [0.15, 0.2) is 0 Å². The average molecular weight is 607 g/mol. The molecule has 10 nitrogen and oxygen atoms in total. The summed E-state index contributed by atoms with van der Waals surface area (Å²) in [4.78, 5) is 52.1. The van der Waals surface area contributed by atoms with Gasteiger partial charge in [0, 0.05) is 51.5 Å². The minimum atomic E-state index is -0.824. The van der Waals surface area contributed by atoms with Gasteiger partial charge in [-0.15, -0.1) is 0 Å². The topological polar surface area (TPSA) is 101 Å². The highest BCUT2D eigenvalue weighted by Gasteiger charge is 2.50. The lowest BCUT2D eigenvalue weighted by atomic mass is 9.98. The summed E-state index contributed by atoms with van der Waals surface area (Å²) in [6.07, 6.45) is 0.419. The zero-order valence-electron chi connectivity index (χ0n) is 25.8. The molecule has 6 rings (SSSR count). The Morgan fingerprint density at radius 1 is 0.956 bits per heavy atom. The summed E-state index contributed by atoms with van der Waals surface area (Å²) in [5, 5.41) is 14.2. The van der Waals surface area contributed by atoms with Gasteiger partial charge in [-0.3, -0.25) is 19.4 Å². The number of benzene rings is 3. The lowest BCUT2D eigenvalue weighted by molar-refractivity contribution is -0.202. The number of anilines is 1. The second kappa shape index (κ2) is 12.6. The summed E-state index contributed by atoms with van der Waals surface area (Å²) >= 11 is 0. The smallest absolute Gasteiger partial charge is 0.246 e. The second-order valence-corrected chi connectivity index (χ2v) is 12.0. The Hall–Kier alpha value is -4.96. The van der Waals surface area contributed by atoms with E-state index in [1.807, 2.05) is 73.6 Å². The molecule has 0 aliphatic carbocycles. The number of phenols is 1. The first kappa shape index (κ1) is 30.1. The SMILES string of the molecule is CN(C)c1nc2ccccc2cc1CN1CC2N(C(=O)CN(C)N2C(=O)CCc2ccccc2)[C@@H](Cc2ccc(O)cc2)C1=O. The number of carbonyl (C=O) groups excluding carboxylic acids is 3. The van der Waals surface area contributed by atoms with Gasteiger partial charge in [-0.2, -0.15) is 0 Å². The number of likely N-dealkylation sites (N-methyl/N-ethyl adjacent to an activating group) is 1. The molecule has 2 atom stereocenters. The van der Waals surface area contributed by atoms with E-state index in [2.05, 4.69) is 6.07 Å². The van der Waals surface area contributed by atoms with Crippen molar-refractivity contribution >= 4 is 34.4 Å². The van der Waals surface area contributed by atoms with E-state index in [1.54, 1.807) is 51.1 Å². The van der Waals surface area contributed by atoms with E-state index in [0.717, 1.165) is 33.4 Å². The van der Waals surface area contributed by atoms with Gasteiger partial charge in [0.05, 0.1) is 18.6 Å². The molecule has 0 bridgehead atoms. The van der Waals surface area contributed by atoms with Crippen molar-refractivity contribution in [3.8, 4) is 5.75 Å². The van der Waals surface area contributed by atoms with Crippen molar-refractivity contribution in [2.75, 3.05) is 39.1 Å². The maximum atomic E-state index is 14.3. The number of hydrogen-bond donors (Lipinski definition) is 1. The fourth-order valence-corrected chi connectivity index (χ4v) is 6.44. The summed E-state index contributed by atoms with van der Waals surface area (Å²) < 4.78 is 0. The maximum Gasteiger partial charge on any atom is 0.246 e. The first-order valence-electron chi connectivity index (χ1n) is 15.2. The lowest BCUT2D eigenvalue weighted by Crippen LogP contribution is -2.75. The van der Waals surface area contributed by atoms with Crippen molar-refractivity contribution in [1.82, 2.24) is 24.8 Å². The maximum absolute atomic E-state index is 14.3. The van der Waals surface area contributed by atoms with Gasteiger partial charge in [-0.25, -0.2) is 9.99 Å². The van der Waals surface area contributed by atoms with E-state index in [9.17, 15) is 19.5 Å². The molecule has 3 heterocycles. The number of phenolic OH excluding ortho intramolecular Hbond substituents is 1. The molecule has 4 aromatic rings. The van der Waals surface area contributed by atoms with Crippen LogP contribution in [0.5, 0.6) is 5.75 Å². The molecule has 1 aromatic heterocycles. The summed E-state index contributed by atoms with van der Waals surface area (Å²) in [7, 11) is 5.61. The molecule has 1 N–H and O–H groups in total. The lowest BCUT2D eigenvalue weighted by Gasteiger charge is -2.54. The van der Waals surface area contributed by atoms with Gasteiger partial charge in [0.25, 0.3) is 0 Å². The van der Waals surface area contributed by atoms with E-state index in [-0.39, 0.29) is 55.9 Å². The van der Waals surface area contributed by atoms with Crippen LogP contribution >= 0.6 is 0 Å². The second-order valence-electron chi connectivity index (χ2n) is 12.0. The number of hydrazine groups is 1. The molecular formula is C35H38N6O4. The van der Waals surface area contributed by atoms with Crippen molar-refractivity contribution in [3.63, 3.8) is 0 Å². The molecule has 2 aliphatic heterocycles. The standard InChI is InChI=1S/C35H38N6O4/c1-37(2)34-27(20-26-11-7-8-12-29(26)36-34)21-39-22-31-40(30(35(39)45)19-25-13-16-28(42)17-14-25)33(44)23-38(3)41(31)32(43)18-15-24-9-5-4-6-10-24/h4-14,16-17,20,30-31,42H,15,18-19,21-23H2,1-3H3/t30-,31?/m0/s1. The minimum Gasteiger partial charge on any atom is -0.508 e. The summed E-state index contributed by atoms with van der Waals surface area (Å²) in [5.41, 5.74) is 3.60. The van der Waals surface area contributed by atoms with Crippen LogP contribution in [-0.2, 0) is 33.8 Å². The van der Waals surface area contributed by atoms with E-state index in [0.29, 0.717) is 6.42 Å². The van der Waals surface area contributed by atoms with Gasteiger partial charge in [-0.05, 0) is 41.8 Å². The third-order valence-electron chi connectivity index (χ3n) is 8.60. The fraction of sp³-hybridized carbons (Fsp3) is 0.314. The van der Waals surface area contributed by atoms with Crippen molar-refractivity contribution in [2.24, 2.45) is 0 Å². The third-order valence-corrected chi connectivity index (χ3v) is 8.60. The molecule has 10 heteroatoms. The normalized spacial score (nSPS) is 18.8. The van der Waals surface area contributed by atoms with Gasteiger partial charge in [0.1, 0.15) is 23.8 Å². The zero-order chi connectivity index (χ0) is 31.7. The largest absolute Gasteiger partial charge is 0.508 e. The summed E-state index contributed by atoms with van der Waals surface area (Å²) in [5.74, 6) is 0.383. The molecule has 232 valence electrons. The number of hydrogen-bond acceptors (Lipinski definition) is 7. The van der Waals surface area contributed by atoms with Gasteiger partial charge in [0.2, 0.25) is 17.7 Å². The van der Waals surface area contributed by atoms with E-state index in [1.165, 1.54) is 0 Å². The number of rotatable bonds is 8. The van der Waals surface area contributed by atoms with Crippen molar-refractivity contribution in [2.45, 2.75) is 38.0 Å². The number of aryl methyl sites for hydroxylation is 1. The van der Waals surface area contributed by atoms with Crippen LogP contribution in [0.3, 0.4) is 0 Å². The van der Waals surface area contributed by atoms with Crippen molar-refractivity contribution in [1.29, 1.82) is 0 Å². The molecule has 3 amide bonds. The first-order chi connectivity index (χ1) is 21.7. The van der Waals surface area contributed by atoms with Crippen LogP contribution in [0.25, 0.3) is 10.9 Å². The minimum absolute atomic E-state index is 0.00763. The Bertz CT molecular complexity index is 1710. The molecule has 3 aromatic carbocycles. The summed E-state index contributed by atoms with van der Waals surface area (Å²) in [6.45, 7) is 0.425. The predicted octanol–water partition coefficient (Wildman–Crippen LogP) is 3.44. The highest BCUT2D eigenvalue weighted by molar-refractivity contribution is 5.92. The van der Waals surface area contributed by atoms with Crippen molar-refractivity contribution < 1.29 is 19.5 Å². The van der Waals surface area contributed by atoms with Crippen LogP contribution in [0.1, 0.15) is 23.1 Å². The third kappa shape index (κ3) is 6.19. The number of aromatic nitrogens is 1. The van der Waals surface area contributed by atoms with E-state index in [4.69, 9.17) is 4.98 Å². The van der Waals surface area contributed by atoms with Crippen LogP contribution in [0.2, 0.25) is 0 Å². The van der Waals surface area contributed by atoms with Gasteiger partial charge >= 0.3 is 0 Å². The Morgan fingerprint density at radius 3 is 2.40 bits per heavy atom. The monoisotopic (exact) mass is 606 g/mol. The van der Waals surface area contributed by atoms with Gasteiger partial charge < -0.3 is 19.8 Å². The van der Waals surface area contributed by atoms with Crippen LogP contribution in [0.15, 0.2) is 84.9 Å². The molecule has 2 fully saturated rings. The number of amides is 3. The number of carbonyl (C=O) groups is 3. The van der Waals surface area contributed by atoms with Crippen LogP contribution in [-0.4, -0.2) is 94.1 Å². The molecule has 2 saturated heterocycles. The van der Waals surface area contributed by atoms with Crippen LogP contribution in [0, 0.1) is 0 Å². The Balaban J connectivity index is 1.36. The average Bonchev–Trinajstić information content (AvgIpc) is 3.03. The Morgan fingerprint density at radius 2 is 1.67 bits per heavy atom. The fourth-order valence-electron chi connectivity index (χ4n) is 6.44. The molecule has 0 saturated carbocycles. The number of pyridine rings is 1. The molecular weight excluding hydrogens is 568 g/mol. The molecule has 0 radical (unpaired) electrons. The molecule has 0 spiro atoms. The predicted molar refractivity (Wildman–Crippen MR) is 172 cm³/mol. The number of piperazine rings is 1. The first-order valence-corrected chi connectivity index (χ1v) is 15.2. The van der Waals surface area contributed by atoms with E-state index < -0.39 is 12.2 Å². The number of fused-ring (bicyclic) bond motifs is 2. The highest BCUT2D eigenvalue weighted by Crippen LogP contribution is 2.31. The number of aromatic hydroxyl groups is 1. The van der Waals surface area contributed by atoms with Crippen LogP contribution in [0.4, 0.5) is 5.82 Å². The zero-order valence-corrected chi connectivity index (χ0v) is 25.8. The summed E-state index contributed by atoms with van der Waals surface area (Å²) in [6, 6.07) is 25.6. The van der Waals surface area contributed by atoms with E-state index >= 15 is 0 Å². The number of nitrogens with zero attached hydrogens (tertiary/aromatic N) is 6. The number of para-hydroxylation sites is 1. The molecule has 2 aliphatic rings. The molecule has 1 unspecified atom stereocenters.